The van der Waals surface area contributed by atoms with E-state index in [2.05, 4.69) is 4.74 Å². The van der Waals surface area contributed by atoms with Gasteiger partial charge in [0, 0.05) is 0 Å². The van der Waals surface area contributed by atoms with Gasteiger partial charge in [-0.05, 0) is 34.6 Å². The highest BCUT2D eigenvalue weighted by molar-refractivity contribution is 5.69. The molecule has 0 bridgehead atoms. The molecule has 1 aliphatic rings. The summed E-state index contributed by atoms with van der Waals surface area (Å²) in [5.74, 6) is 0. The molecule has 0 radical (unpaired) electrons. The minimum absolute atomic E-state index is 0.138. The van der Waals surface area contributed by atoms with Crippen molar-refractivity contribution in [3.8, 4) is 0 Å². The molecular formula is C12H21F2NO4. The highest BCUT2D eigenvalue weighted by Gasteiger charge is 2.45. The molecule has 0 saturated carbocycles. The van der Waals surface area contributed by atoms with Crippen molar-refractivity contribution in [3.63, 3.8) is 0 Å². The standard InChI is InChI=1S/C12H21F2NO4/c1-11(2,3)19-10(16)15-8(6-17-9(13)14)7-18-12(15,4)5/h8-9H,6-7H2,1-5H3/t8-/m0/s1. The van der Waals surface area contributed by atoms with Crippen LogP contribution in [0.3, 0.4) is 0 Å². The van der Waals surface area contributed by atoms with Crippen molar-refractivity contribution in [1.29, 1.82) is 0 Å². The van der Waals surface area contributed by atoms with Crippen LogP contribution in [0.25, 0.3) is 0 Å². The molecule has 0 aromatic rings. The number of carbonyl (C=O) groups excluding carboxylic acids is 1. The molecule has 5 nitrogen and oxygen atoms in total. The van der Waals surface area contributed by atoms with Gasteiger partial charge in [-0.3, -0.25) is 4.90 Å². The maximum atomic E-state index is 12.1. The SMILES string of the molecule is CC(C)(C)OC(=O)N1[C@@H](COC(F)F)COC1(C)C. The molecule has 0 aromatic heterocycles. The zero-order valence-corrected chi connectivity index (χ0v) is 11.9. The maximum Gasteiger partial charge on any atom is 0.412 e. The Morgan fingerprint density at radius 3 is 2.53 bits per heavy atom. The van der Waals surface area contributed by atoms with Crippen LogP contribution in [0.5, 0.6) is 0 Å². The van der Waals surface area contributed by atoms with Gasteiger partial charge in [-0.2, -0.15) is 8.78 Å². The van der Waals surface area contributed by atoms with Crippen molar-refractivity contribution in [2.75, 3.05) is 13.2 Å². The minimum Gasteiger partial charge on any atom is -0.444 e. The number of hydrogen-bond donors (Lipinski definition) is 0. The van der Waals surface area contributed by atoms with Crippen molar-refractivity contribution in [2.24, 2.45) is 0 Å². The third kappa shape index (κ3) is 4.58. The predicted octanol–water partition coefficient (Wildman–Crippen LogP) is 2.60. The molecule has 0 aliphatic carbocycles. The molecule has 1 saturated heterocycles. The Labute approximate surface area is 111 Å². The van der Waals surface area contributed by atoms with Crippen LogP contribution in [0.15, 0.2) is 0 Å². The minimum atomic E-state index is -2.87. The Morgan fingerprint density at radius 1 is 1.47 bits per heavy atom. The first-order valence-electron chi connectivity index (χ1n) is 6.09. The monoisotopic (exact) mass is 281 g/mol. The van der Waals surface area contributed by atoms with Gasteiger partial charge in [0.15, 0.2) is 0 Å². The van der Waals surface area contributed by atoms with Crippen LogP contribution in [0.4, 0.5) is 13.6 Å². The fraction of sp³-hybridized carbons (Fsp3) is 0.917. The Bertz CT molecular complexity index is 328. The summed E-state index contributed by atoms with van der Waals surface area (Å²) in [6.07, 6.45) is -0.599. The van der Waals surface area contributed by atoms with Crippen LogP contribution in [-0.2, 0) is 14.2 Å². The van der Waals surface area contributed by atoms with Crippen LogP contribution in [0, 0.1) is 0 Å². The average molecular weight is 281 g/mol. The van der Waals surface area contributed by atoms with Gasteiger partial charge in [0.25, 0.3) is 0 Å². The second-order valence-corrected chi connectivity index (χ2v) is 5.86. The molecule has 1 amide bonds. The van der Waals surface area contributed by atoms with Crippen molar-refractivity contribution < 1.29 is 27.8 Å². The second kappa shape index (κ2) is 5.58. The van der Waals surface area contributed by atoms with Gasteiger partial charge in [0.1, 0.15) is 11.3 Å². The van der Waals surface area contributed by atoms with Gasteiger partial charge >= 0.3 is 12.7 Å². The summed E-state index contributed by atoms with van der Waals surface area (Å²) in [5.41, 5.74) is -1.57. The second-order valence-electron chi connectivity index (χ2n) is 5.86. The molecule has 1 atom stereocenters. The molecule has 1 rings (SSSR count). The van der Waals surface area contributed by atoms with Gasteiger partial charge in [0.05, 0.1) is 19.3 Å². The summed E-state index contributed by atoms with van der Waals surface area (Å²) in [4.78, 5) is 13.4. The van der Waals surface area contributed by atoms with Gasteiger partial charge in [-0.1, -0.05) is 0 Å². The lowest BCUT2D eigenvalue weighted by molar-refractivity contribution is -0.140. The lowest BCUT2D eigenvalue weighted by Gasteiger charge is -2.34. The topological polar surface area (TPSA) is 48.0 Å². The van der Waals surface area contributed by atoms with E-state index in [0.717, 1.165) is 0 Å². The number of alkyl halides is 2. The van der Waals surface area contributed by atoms with Gasteiger partial charge < -0.3 is 14.2 Å². The number of amides is 1. The largest absolute Gasteiger partial charge is 0.444 e. The Morgan fingerprint density at radius 2 is 2.05 bits per heavy atom. The molecule has 0 spiro atoms. The smallest absolute Gasteiger partial charge is 0.412 e. The molecule has 1 aliphatic heterocycles. The molecule has 1 fully saturated rings. The number of rotatable bonds is 3. The van der Waals surface area contributed by atoms with Crippen LogP contribution in [0.2, 0.25) is 0 Å². The quantitative estimate of drug-likeness (QED) is 0.798. The lowest BCUT2D eigenvalue weighted by atomic mass is 10.2. The molecule has 7 heteroatoms. The van der Waals surface area contributed by atoms with Crippen molar-refractivity contribution >= 4 is 6.09 Å². The van der Waals surface area contributed by atoms with Crippen LogP contribution >= 0.6 is 0 Å². The zero-order valence-electron chi connectivity index (χ0n) is 11.9. The van der Waals surface area contributed by atoms with Gasteiger partial charge in [0.2, 0.25) is 0 Å². The van der Waals surface area contributed by atoms with E-state index in [1.54, 1.807) is 34.6 Å². The van der Waals surface area contributed by atoms with Crippen molar-refractivity contribution in [1.82, 2.24) is 4.90 Å². The number of carbonyl (C=O) groups is 1. The molecule has 112 valence electrons. The molecule has 19 heavy (non-hydrogen) atoms. The fourth-order valence-corrected chi connectivity index (χ4v) is 1.87. The van der Waals surface area contributed by atoms with E-state index in [9.17, 15) is 13.6 Å². The maximum absolute atomic E-state index is 12.1. The van der Waals surface area contributed by atoms with E-state index in [0.29, 0.717) is 0 Å². The highest BCUT2D eigenvalue weighted by Crippen LogP contribution is 2.29. The van der Waals surface area contributed by atoms with Crippen LogP contribution in [0.1, 0.15) is 34.6 Å². The number of ether oxygens (including phenoxy) is 3. The third-order valence-electron chi connectivity index (χ3n) is 2.58. The Balaban J connectivity index is 2.75. The summed E-state index contributed by atoms with van der Waals surface area (Å²) in [6, 6.07) is -0.584. The summed E-state index contributed by atoms with van der Waals surface area (Å²) < 4.78 is 39.1. The van der Waals surface area contributed by atoms with Crippen LogP contribution in [-0.4, -0.2) is 48.2 Å². The van der Waals surface area contributed by atoms with Crippen LogP contribution < -0.4 is 0 Å². The van der Waals surface area contributed by atoms with E-state index in [1.807, 2.05) is 0 Å². The zero-order chi connectivity index (χ0) is 14.8. The summed E-state index contributed by atoms with van der Waals surface area (Å²) in [6.45, 7) is 5.54. The van der Waals surface area contributed by atoms with Gasteiger partial charge in [-0.15, -0.1) is 0 Å². The normalized spacial score (nSPS) is 22.9. The first-order valence-corrected chi connectivity index (χ1v) is 6.09. The summed E-state index contributed by atoms with van der Waals surface area (Å²) in [7, 11) is 0. The van der Waals surface area contributed by atoms with Gasteiger partial charge in [-0.25, -0.2) is 4.79 Å². The predicted molar refractivity (Wildman–Crippen MR) is 63.8 cm³/mol. The van der Waals surface area contributed by atoms with E-state index < -0.39 is 30.1 Å². The lowest BCUT2D eigenvalue weighted by Crippen LogP contribution is -2.51. The van der Waals surface area contributed by atoms with E-state index in [-0.39, 0.29) is 13.2 Å². The van der Waals surface area contributed by atoms with E-state index in [1.165, 1.54) is 4.90 Å². The fourth-order valence-electron chi connectivity index (χ4n) is 1.87. The molecule has 1 heterocycles. The Hall–Kier alpha value is -0.950. The summed E-state index contributed by atoms with van der Waals surface area (Å²) >= 11 is 0. The van der Waals surface area contributed by atoms with Crippen molar-refractivity contribution in [2.45, 2.75) is 58.6 Å². The Kier molecular flexibility index (Phi) is 4.73. The highest BCUT2D eigenvalue weighted by atomic mass is 19.3. The molecular weight excluding hydrogens is 260 g/mol. The molecule has 0 unspecified atom stereocenters. The van der Waals surface area contributed by atoms with E-state index >= 15 is 0 Å². The van der Waals surface area contributed by atoms with Crippen molar-refractivity contribution in [3.05, 3.63) is 0 Å². The van der Waals surface area contributed by atoms with E-state index in [4.69, 9.17) is 9.47 Å². The number of halogens is 2. The third-order valence-corrected chi connectivity index (χ3v) is 2.58. The number of hydrogen-bond acceptors (Lipinski definition) is 4. The molecule has 0 aromatic carbocycles. The first kappa shape index (κ1) is 16.1. The summed E-state index contributed by atoms with van der Waals surface area (Å²) in [5, 5.41) is 0. The number of nitrogens with zero attached hydrogens (tertiary/aromatic N) is 1. The average Bonchev–Trinajstić information content (AvgIpc) is 2.47. The molecule has 0 N–H and O–H groups in total. The first-order chi connectivity index (χ1) is 8.53.